The number of carbonyl (C=O) groups excluding carboxylic acids is 1. The molecule has 1 heterocycles. The number of anilines is 1. The van der Waals surface area contributed by atoms with Crippen LogP contribution >= 0.6 is 24.0 Å². The van der Waals surface area contributed by atoms with E-state index in [2.05, 4.69) is 58.8 Å². The first-order chi connectivity index (χ1) is 12.7. The molecular formula is C20H34IN5O. The van der Waals surface area contributed by atoms with E-state index in [1.54, 1.807) is 0 Å². The van der Waals surface area contributed by atoms with Crippen LogP contribution in [0.25, 0.3) is 0 Å². The van der Waals surface area contributed by atoms with Crippen LogP contribution in [0.2, 0.25) is 0 Å². The van der Waals surface area contributed by atoms with Gasteiger partial charge < -0.3 is 20.4 Å². The Bertz CT molecular complexity index is 567. The van der Waals surface area contributed by atoms with E-state index in [0.717, 1.165) is 64.5 Å². The molecule has 1 aromatic rings. The highest BCUT2D eigenvalue weighted by Gasteiger charge is 2.18. The van der Waals surface area contributed by atoms with Crippen LogP contribution in [0, 0.1) is 0 Å². The molecule has 6 nitrogen and oxygen atoms in total. The summed E-state index contributed by atoms with van der Waals surface area (Å²) in [5.74, 6) is 1.16. The van der Waals surface area contributed by atoms with Gasteiger partial charge in [-0.2, -0.15) is 0 Å². The molecule has 0 saturated carbocycles. The first-order valence-corrected chi connectivity index (χ1v) is 9.77. The average Bonchev–Trinajstić information content (AvgIpc) is 3.07. The summed E-state index contributed by atoms with van der Waals surface area (Å²) in [4.78, 5) is 20.4. The maximum absolute atomic E-state index is 11.6. The van der Waals surface area contributed by atoms with Crippen molar-refractivity contribution in [2.45, 2.75) is 32.6 Å². The number of carbonyl (C=O) groups is 1. The molecule has 1 aromatic carbocycles. The molecule has 1 aliphatic heterocycles. The number of rotatable bonds is 10. The molecule has 0 spiro atoms. The predicted octanol–water partition coefficient (Wildman–Crippen LogP) is 2.70. The lowest BCUT2D eigenvalue weighted by molar-refractivity contribution is -0.127. The van der Waals surface area contributed by atoms with Crippen LogP contribution in [0.5, 0.6) is 0 Å². The van der Waals surface area contributed by atoms with Crippen molar-refractivity contribution in [1.29, 1.82) is 0 Å². The Morgan fingerprint density at radius 2 is 2.00 bits per heavy atom. The third-order valence-electron chi connectivity index (χ3n) is 4.53. The van der Waals surface area contributed by atoms with Crippen LogP contribution in [0.4, 0.5) is 5.69 Å². The van der Waals surface area contributed by atoms with E-state index in [-0.39, 0.29) is 24.0 Å². The van der Waals surface area contributed by atoms with Gasteiger partial charge in [0, 0.05) is 58.4 Å². The van der Waals surface area contributed by atoms with Gasteiger partial charge in [-0.1, -0.05) is 18.2 Å². The molecule has 1 saturated heterocycles. The highest BCUT2D eigenvalue weighted by Crippen LogP contribution is 2.11. The molecule has 0 atom stereocenters. The van der Waals surface area contributed by atoms with Crippen molar-refractivity contribution in [3.05, 3.63) is 30.3 Å². The minimum atomic E-state index is 0. The Hall–Kier alpha value is -1.51. The number of nitrogens with zero attached hydrogens (tertiary/aromatic N) is 3. The Morgan fingerprint density at radius 1 is 1.22 bits per heavy atom. The fourth-order valence-electron chi connectivity index (χ4n) is 3.07. The highest BCUT2D eigenvalue weighted by atomic mass is 127. The lowest BCUT2D eigenvalue weighted by atomic mass is 10.3. The maximum Gasteiger partial charge on any atom is 0.222 e. The van der Waals surface area contributed by atoms with E-state index >= 15 is 0 Å². The number of guanidine groups is 1. The second-order valence-electron chi connectivity index (χ2n) is 6.64. The number of nitrogens with one attached hydrogen (secondary N) is 2. The first kappa shape index (κ1) is 23.5. The molecular weight excluding hydrogens is 453 g/mol. The van der Waals surface area contributed by atoms with Crippen molar-refractivity contribution in [2.75, 3.05) is 51.2 Å². The van der Waals surface area contributed by atoms with Crippen LogP contribution < -0.4 is 15.5 Å². The van der Waals surface area contributed by atoms with Gasteiger partial charge in [0.25, 0.3) is 0 Å². The molecule has 2 rings (SSSR count). The zero-order valence-corrected chi connectivity index (χ0v) is 18.9. The van der Waals surface area contributed by atoms with Gasteiger partial charge in [-0.3, -0.25) is 9.79 Å². The molecule has 0 radical (unpaired) electrons. The molecule has 152 valence electrons. The fraction of sp³-hybridized carbons (Fsp3) is 0.600. The zero-order valence-electron chi connectivity index (χ0n) is 16.6. The van der Waals surface area contributed by atoms with E-state index in [1.165, 1.54) is 5.69 Å². The number of benzene rings is 1. The standard InChI is InChI=1S/C20H33N5O.HI/c1-3-21-20(23-14-9-17-25-16-7-12-19(25)26)22-13-8-15-24(2)18-10-5-4-6-11-18;/h4-6,10-11H,3,7-9,12-17H2,1-2H3,(H2,21,22,23);1H. The molecule has 1 amide bonds. The Labute approximate surface area is 180 Å². The summed E-state index contributed by atoms with van der Waals surface area (Å²) in [6.07, 6.45) is 3.67. The van der Waals surface area contributed by atoms with Gasteiger partial charge in [0.2, 0.25) is 5.91 Å². The summed E-state index contributed by atoms with van der Waals surface area (Å²) in [7, 11) is 2.12. The van der Waals surface area contributed by atoms with Crippen molar-refractivity contribution in [3.63, 3.8) is 0 Å². The minimum Gasteiger partial charge on any atom is -0.375 e. The lowest BCUT2D eigenvalue weighted by Crippen LogP contribution is -2.38. The molecule has 1 fully saturated rings. The predicted molar refractivity (Wildman–Crippen MR) is 124 cm³/mol. The van der Waals surface area contributed by atoms with E-state index in [4.69, 9.17) is 0 Å². The van der Waals surface area contributed by atoms with Crippen LogP contribution in [-0.2, 0) is 4.79 Å². The summed E-state index contributed by atoms with van der Waals surface area (Å²) in [5.41, 5.74) is 1.24. The van der Waals surface area contributed by atoms with Gasteiger partial charge in [0.15, 0.2) is 5.96 Å². The number of hydrogen-bond donors (Lipinski definition) is 2. The van der Waals surface area contributed by atoms with E-state index in [9.17, 15) is 4.79 Å². The van der Waals surface area contributed by atoms with Crippen LogP contribution in [-0.4, -0.2) is 63.1 Å². The number of para-hydroxylation sites is 1. The van der Waals surface area contributed by atoms with Gasteiger partial charge in [0.05, 0.1) is 0 Å². The quantitative estimate of drug-likeness (QED) is 0.231. The van der Waals surface area contributed by atoms with Crippen LogP contribution in [0.3, 0.4) is 0 Å². The molecule has 0 bridgehead atoms. The molecule has 2 N–H and O–H groups in total. The molecule has 1 aliphatic rings. The lowest BCUT2D eigenvalue weighted by Gasteiger charge is -2.19. The van der Waals surface area contributed by atoms with Crippen molar-refractivity contribution in [2.24, 2.45) is 4.99 Å². The Morgan fingerprint density at radius 3 is 2.67 bits per heavy atom. The molecule has 0 unspecified atom stereocenters. The van der Waals surface area contributed by atoms with Gasteiger partial charge in [0.1, 0.15) is 0 Å². The third kappa shape index (κ3) is 8.81. The maximum atomic E-state index is 11.6. The monoisotopic (exact) mass is 487 g/mol. The summed E-state index contributed by atoms with van der Waals surface area (Å²) in [6.45, 7) is 7.27. The van der Waals surface area contributed by atoms with Gasteiger partial charge in [-0.05, 0) is 38.3 Å². The molecule has 7 heteroatoms. The normalized spacial score (nSPS) is 14.1. The minimum absolute atomic E-state index is 0. The molecule has 0 aliphatic carbocycles. The van der Waals surface area contributed by atoms with Gasteiger partial charge >= 0.3 is 0 Å². The van der Waals surface area contributed by atoms with Gasteiger partial charge in [-0.25, -0.2) is 0 Å². The van der Waals surface area contributed by atoms with Crippen molar-refractivity contribution >= 4 is 41.5 Å². The van der Waals surface area contributed by atoms with Gasteiger partial charge in [-0.15, -0.1) is 24.0 Å². The van der Waals surface area contributed by atoms with Crippen molar-refractivity contribution < 1.29 is 4.79 Å². The van der Waals surface area contributed by atoms with Crippen LogP contribution in [0.15, 0.2) is 35.3 Å². The zero-order chi connectivity index (χ0) is 18.6. The number of amides is 1. The summed E-state index contributed by atoms with van der Waals surface area (Å²) >= 11 is 0. The van der Waals surface area contributed by atoms with E-state index in [0.29, 0.717) is 12.3 Å². The Kier molecular flexibility index (Phi) is 11.9. The summed E-state index contributed by atoms with van der Waals surface area (Å²) < 4.78 is 0. The number of likely N-dealkylation sites (tertiary alicyclic amines) is 1. The third-order valence-corrected chi connectivity index (χ3v) is 4.53. The summed E-state index contributed by atoms with van der Waals surface area (Å²) in [5, 5.41) is 6.68. The van der Waals surface area contributed by atoms with Crippen molar-refractivity contribution in [1.82, 2.24) is 15.5 Å². The first-order valence-electron chi connectivity index (χ1n) is 9.77. The summed E-state index contributed by atoms with van der Waals surface area (Å²) in [6, 6.07) is 10.4. The SMILES string of the molecule is CCNC(=NCCCN1CCCC1=O)NCCCN(C)c1ccccc1.I. The smallest absolute Gasteiger partial charge is 0.222 e. The topological polar surface area (TPSA) is 60.0 Å². The highest BCUT2D eigenvalue weighted by molar-refractivity contribution is 14.0. The number of halogens is 1. The largest absolute Gasteiger partial charge is 0.375 e. The van der Waals surface area contributed by atoms with E-state index in [1.807, 2.05) is 11.0 Å². The Balaban J connectivity index is 0.00000364. The number of aliphatic imine (C=N–C) groups is 1. The fourth-order valence-corrected chi connectivity index (χ4v) is 3.07. The molecule has 27 heavy (non-hydrogen) atoms. The second-order valence-corrected chi connectivity index (χ2v) is 6.64. The molecule has 0 aromatic heterocycles. The second kappa shape index (κ2) is 13.6. The van der Waals surface area contributed by atoms with E-state index < -0.39 is 0 Å². The van der Waals surface area contributed by atoms with Crippen molar-refractivity contribution in [3.8, 4) is 0 Å². The number of hydrogen-bond acceptors (Lipinski definition) is 3. The van der Waals surface area contributed by atoms with Crippen LogP contribution in [0.1, 0.15) is 32.6 Å². The average molecular weight is 487 g/mol.